The van der Waals surface area contributed by atoms with Crippen LogP contribution in [0.3, 0.4) is 0 Å². The maximum absolute atomic E-state index is 12.3. The van der Waals surface area contributed by atoms with E-state index in [9.17, 15) is 4.79 Å². The van der Waals surface area contributed by atoms with Gasteiger partial charge < -0.3 is 19.1 Å². The van der Waals surface area contributed by atoms with E-state index in [2.05, 4.69) is 16.8 Å². The van der Waals surface area contributed by atoms with Gasteiger partial charge in [0.1, 0.15) is 0 Å². The van der Waals surface area contributed by atoms with E-state index < -0.39 is 0 Å². The second-order valence-corrected chi connectivity index (χ2v) is 7.03. The first-order chi connectivity index (χ1) is 12.7. The maximum Gasteiger partial charge on any atom is 0.286 e. The zero-order chi connectivity index (χ0) is 18.4. The van der Waals surface area contributed by atoms with E-state index in [1.165, 1.54) is 11.8 Å². The molecule has 1 aromatic rings. The van der Waals surface area contributed by atoms with Crippen LogP contribution in [-0.2, 0) is 9.53 Å². The molecule has 0 atom stereocenters. The monoisotopic (exact) mass is 376 g/mol. The van der Waals surface area contributed by atoms with Crippen molar-refractivity contribution in [3.05, 3.63) is 28.7 Å². The van der Waals surface area contributed by atoms with Gasteiger partial charge in [-0.3, -0.25) is 4.79 Å². The Morgan fingerprint density at radius 1 is 1.31 bits per heavy atom. The van der Waals surface area contributed by atoms with Crippen molar-refractivity contribution in [2.24, 2.45) is 4.99 Å². The number of methoxy groups -OCH3 is 1. The molecule has 0 radical (unpaired) electrons. The number of thioether (sulfide) groups is 1. The third-order valence-corrected chi connectivity index (χ3v) is 5.18. The summed E-state index contributed by atoms with van der Waals surface area (Å²) in [5.41, 5.74) is 0.895. The van der Waals surface area contributed by atoms with Crippen molar-refractivity contribution in [1.29, 1.82) is 0 Å². The highest BCUT2D eigenvalue weighted by molar-refractivity contribution is 8.18. The number of unbranched alkanes of at least 4 members (excludes halogenated alkanes) is 1. The zero-order valence-corrected chi connectivity index (χ0v) is 16.0. The predicted molar refractivity (Wildman–Crippen MR) is 104 cm³/mol. The number of benzene rings is 1. The highest BCUT2D eigenvalue weighted by atomic mass is 32.2. The molecule has 1 aromatic carbocycles. The van der Waals surface area contributed by atoms with Crippen LogP contribution >= 0.6 is 11.8 Å². The maximum atomic E-state index is 12.3. The Balaban J connectivity index is 1.73. The van der Waals surface area contributed by atoms with E-state index in [1.54, 1.807) is 7.11 Å². The van der Waals surface area contributed by atoms with Gasteiger partial charge in [-0.1, -0.05) is 19.4 Å². The average molecular weight is 376 g/mol. The van der Waals surface area contributed by atoms with Crippen LogP contribution in [0.15, 0.2) is 28.1 Å². The number of nitrogens with zero attached hydrogens (tertiary/aromatic N) is 2. The minimum atomic E-state index is -0.194. The summed E-state index contributed by atoms with van der Waals surface area (Å²) in [6, 6.07) is 5.68. The summed E-state index contributed by atoms with van der Waals surface area (Å²) in [6.07, 6.45) is 3.91. The first-order valence-corrected chi connectivity index (χ1v) is 9.69. The van der Waals surface area contributed by atoms with Crippen LogP contribution in [0.4, 0.5) is 0 Å². The van der Waals surface area contributed by atoms with Gasteiger partial charge in [-0.25, -0.2) is 0 Å². The average Bonchev–Trinajstić information content (AvgIpc) is 3.03. The van der Waals surface area contributed by atoms with Crippen LogP contribution in [0.1, 0.15) is 25.3 Å². The van der Waals surface area contributed by atoms with Crippen LogP contribution in [0.2, 0.25) is 0 Å². The van der Waals surface area contributed by atoms with Crippen molar-refractivity contribution in [2.45, 2.75) is 19.8 Å². The molecule has 6 nitrogen and oxygen atoms in total. The Labute approximate surface area is 158 Å². The molecular formula is C19H24N2O4S. The molecule has 1 saturated heterocycles. The van der Waals surface area contributed by atoms with E-state index in [0.29, 0.717) is 36.2 Å². The van der Waals surface area contributed by atoms with Crippen molar-refractivity contribution in [1.82, 2.24) is 4.90 Å². The lowest BCUT2D eigenvalue weighted by Gasteiger charge is -2.27. The molecule has 0 N–H and O–H groups in total. The second-order valence-electron chi connectivity index (χ2n) is 6.02. The summed E-state index contributed by atoms with van der Waals surface area (Å²) in [5.74, 6) is 1.19. The van der Waals surface area contributed by atoms with Crippen molar-refractivity contribution in [3.63, 3.8) is 0 Å². The SMILES string of the molecule is CCCCOc1cc(/C=C2\SC(N3CCOCC3)=NC2=O)ccc1OC. The van der Waals surface area contributed by atoms with E-state index in [-0.39, 0.29) is 5.91 Å². The van der Waals surface area contributed by atoms with E-state index in [4.69, 9.17) is 14.2 Å². The Bertz CT molecular complexity index is 711. The van der Waals surface area contributed by atoms with E-state index in [1.807, 2.05) is 24.3 Å². The molecule has 2 aliphatic heterocycles. The quantitative estimate of drug-likeness (QED) is 0.561. The lowest BCUT2D eigenvalue weighted by atomic mass is 10.2. The van der Waals surface area contributed by atoms with Gasteiger partial charge in [0.05, 0.1) is 31.8 Å². The fourth-order valence-electron chi connectivity index (χ4n) is 2.66. The largest absolute Gasteiger partial charge is 0.493 e. The number of ether oxygens (including phenoxy) is 3. The first kappa shape index (κ1) is 18.8. The Kier molecular flexibility index (Phi) is 6.57. The van der Waals surface area contributed by atoms with Gasteiger partial charge in [-0.2, -0.15) is 4.99 Å². The lowest BCUT2D eigenvalue weighted by molar-refractivity contribution is -0.113. The van der Waals surface area contributed by atoms with Gasteiger partial charge >= 0.3 is 0 Å². The molecule has 0 bridgehead atoms. The first-order valence-electron chi connectivity index (χ1n) is 8.87. The number of hydrogen-bond acceptors (Lipinski definition) is 6. The second kappa shape index (κ2) is 9.09. The Hall–Kier alpha value is -1.99. The van der Waals surface area contributed by atoms with Crippen molar-refractivity contribution in [2.75, 3.05) is 40.0 Å². The predicted octanol–water partition coefficient (Wildman–Crippen LogP) is 3.18. The zero-order valence-electron chi connectivity index (χ0n) is 15.2. The van der Waals surface area contributed by atoms with E-state index >= 15 is 0 Å². The summed E-state index contributed by atoms with van der Waals surface area (Å²) in [5, 5.41) is 0.762. The molecule has 2 heterocycles. The van der Waals surface area contributed by atoms with Gasteiger partial charge in [0, 0.05) is 13.1 Å². The number of carbonyl (C=O) groups is 1. The smallest absolute Gasteiger partial charge is 0.286 e. The minimum absolute atomic E-state index is 0.194. The van der Waals surface area contributed by atoms with Gasteiger partial charge in [-0.05, 0) is 42.0 Å². The van der Waals surface area contributed by atoms with Crippen molar-refractivity contribution >= 4 is 28.9 Å². The van der Waals surface area contributed by atoms with Gasteiger partial charge in [0.25, 0.3) is 5.91 Å². The summed E-state index contributed by atoms with van der Waals surface area (Å²) < 4.78 is 16.5. The summed E-state index contributed by atoms with van der Waals surface area (Å²) in [7, 11) is 1.62. The number of amidine groups is 1. The molecule has 1 amide bonds. The molecule has 1 fully saturated rings. The number of amides is 1. The molecular weight excluding hydrogens is 352 g/mol. The van der Waals surface area contributed by atoms with Crippen LogP contribution in [0.25, 0.3) is 6.08 Å². The Morgan fingerprint density at radius 3 is 2.85 bits per heavy atom. The lowest BCUT2D eigenvalue weighted by Crippen LogP contribution is -2.38. The van der Waals surface area contributed by atoms with Crippen LogP contribution < -0.4 is 9.47 Å². The third kappa shape index (κ3) is 4.59. The van der Waals surface area contributed by atoms with Crippen molar-refractivity contribution in [3.8, 4) is 11.5 Å². The fraction of sp³-hybridized carbons (Fsp3) is 0.474. The van der Waals surface area contributed by atoms with Crippen LogP contribution in [0.5, 0.6) is 11.5 Å². The molecule has 7 heteroatoms. The molecule has 26 heavy (non-hydrogen) atoms. The van der Waals surface area contributed by atoms with Crippen LogP contribution in [-0.4, -0.2) is 56.0 Å². The number of carbonyl (C=O) groups excluding carboxylic acids is 1. The number of aliphatic imine (C=N–C) groups is 1. The number of rotatable bonds is 6. The highest BCUT2D eigenvalue weighted by Gasteiger charge is 2.27. The molecule has 3 rings (SSSR count). The molecule has 0 spiro atoms. The molecule has 2 aliphatic rings. The fourth-order valence-corrected chi connectivity index (χ4v) is 3.63. The summed E-state index contributed by atoms with van der Waals surface area (Å²) in [6.45, 7) is 5.64. The number of hydrogen-bond donors (Lipinski definition) is 0. The summed E-state index contributed by atoms with van der Waals surface area (Å²) >= 11 is 1.42. The minimum Gasteiger partial charge on any atom is -0.493 e. The van der Waals surface area contributed by atoms with Gasteiger partial charge in [0.15, 0.2) is 16.7 Å². The van der Waals surface area contributed by atoms with Crippen LogP contribution in [0, 0.1) is 0 Å². The third-order valence-electron chi connectivity index (χ3n) is 4.13. The Morgan fingerprint density at radius 2 is 2.12 bits per heavy atom. The number of morpholine rings is 1. The molecule has 140 valence electrons. The van der Waals surface area contributed by atoms with Gasteiger partial charge in [-0.15, -0.1) is 0 Å². The van der Waals surface area contributed by atoms with Crippen molar-refractivity contribution < 1.29 is 19.0 Å². The molecule has 0 aliphatic carbocycles. The standard InChI is InChI=1S/C19H24N2O4S/c1-3-4-9-25-16-12-14(5-6-15(16)23-2)13-17-18(22)20-19(26-17)21-7-10-24-11-8-21/h5-6,12-13H,3-4,7-11H2,1-2H3/b17-13-. The topological polar surface area (TPSA) is 60.4 Å². The van der Waals surface area contributed by atoms with E-state index in [0.717, 1.165) is 36.7 Å². The summed E-state index contributed by atoms with van der Waals surface area (Å²) in [4.78, 5) is 19.2. The molecule has 0 unspecified atom stereocenters. The molecule has 0 saturated carbocycles. The molecule has 0 aromatic heterocycles. The normalized spacial score (nSPS) is 19.0. The van der Waals surface area contributed by atoms with Gasteiger partial charge in [0.2, 0.25) is 0 Å². The highest BCUT2D eigenvalue weighted by Crippen LogP contribution is 2.33.